The summed E-state index contributed by atoms with van der Waals surface area (Å²) in [4.78, 5) is 21.3. The minimum absolute atomic E-state index is 0.0847. The normalized spacial score (nSPS) is 20.9. The molecule has 0 radical (unpaired) electrons. The van der Waals surface area contributed by atoms with Gasteiger partial charge in [0.05, 0.1) is 12.6 Å². The molecule has 148 valence electrons. The molecule has 1 aliphatic heterocycles. The van der Waals surface area contributed by atoms with Gasteiger partial charge in [-0.25, -0.2) is 4.98 Å². The van der Waals surface area contributed by atoms with Gasteiger partial charge in [-0.3, -0.25) is 4.79 Å². The molecule has 1 N–H and O–H groups in total. The van der Waals surface area contributed by atoms with Gasteiger partial charge in [0.2, 0.25) is 5.88 Å². The van der Waals surface area contributed by atoms with E-state index >= 15 is 0 Å². The van der Waals surface area contributed by atoms with E-state index in [0.717, 1.165) is 0 Å². The number of pyridine rings is 1. The van der Waals surface area contributed by atoms with Crippen LogP contribution in [0, 0.1) is 17.8 Å². The highest BCUT2D eigenvalue weighted by Gasteiger charge is 2.33. The average molecular weight is 375 g/mol. The monoisotopic (exact) mass is 375 g/mol. The zero-order valence-electron chi connectivity index (χ0n) is 16.7. The molecule has 0 spiro atoms. The summed E-state index contributed by atoms with van der Waals surface area (Å²) in [5, 5.41) is 9.63. The number of aliphatic hydroxyl groups is 1. The molecule has 3 atom stereocenters. The van der Waals surface area contributed by atoms with E-state index in [1.807, 2.05) is 27.9 Å². The first kappa shape index (κ1) is 21.2. The number of fused-ring (bicyclic) bond motifs is 1. The summed E-state index contributed by atoms with van der Waals surface area (Å²) in [7, 11) is 5.54. The number of ether oxygens (including phenoxy) is 2. The zero-order valence-corrected chi connectivity index (χ0v) is 16.7. The molecule has 0 unspecified atom stereocenters. The second kappa shape index (κ2) is 9.70. The molecular weight excluding hydrogens is 346 g/mol. The number of methoxy groups -OCH3 is 1. The van der Waals surface area contributed by atoms with Gasteiger partial charge in [0, 0.05) is 37.9 Å². The standard InChI is InChI=1S/C20H29N3O4/c1-14-11-23(15(2)13-24)20(25)17-9-16(7-6-8-26-5)10-21-19(17)27-18(14)12-22(3)4/h9-10,14-15,18,24H,8,11-13H2,1-5H3/t14-,15+,18+/m1/s1. The summed E-state index contributed by atoms with van der Waals surface area (Å²) >= 11 is 0. The molecule has 27 heavy (non-hydrogen) atoms. The Balaban J connectivity index is 2.46. The number of likely N-dealkylation sites (N-methyl/N-ethyl adjacent to an activating group) is 1. The van der Waals surface area contributed by atoms with Crippen LogP contribution in [0.5, 0.6) is 5.88 Å². The van der Waals surface area contributed by atoms with Crippen LogP contribution in [0.3, 0.4) is 0 Å². The topological polar surface area (TPSA) is 75.1 Å². The van der Waals surface area contributed by atoms with Gasteiger partial charge in [0.25, 0.3) is 5.91 Å². The van der Waals surface area contributed by atoms with Crippen LogP contribution in [0.25, 0.3) is 0 Å². The number of aromatic nitrogens is 1. The van der Waals surface area contributed by atoms with Crippen LogP contribution in [0.1, 0.15) is 29.8 Å². The van der Waals surface area contributed by atoms with Crippen LogP contribution in [-0.4, -0.2) is 85.5 Å². The third-order valence-corrected chi connectivity index (χ3v) is 4.52. The number of aliphatic hydroxyl groups excluding tert-OH is 1. The van der Waals surface area contributed by atoms with Gasteiger partial charge in [-0.05, 0) is 27.1 Å². The minimum Gasteiger partial charge on any atom is -0.472 e. The minimum atomic E-state index is -0.297. The summed E-state index contributed by atoms with van der Waals surface area (Å²) in [6.45, 7) is 5.29. The molecule has 1 amide bonds. The van der Waals surface area contributed by atoms with Crippen molar-refractivity contribution in [2.45, 2.75) is 26.0 Å². The van der Waals surface area contributed by atoms with E-state index in [2.05, 4.69) is 21.7 Å². The number of rotatable bonds is 5. The van der Waals surface area contributed by atoms with E-state index in [4.69, 9.17) is 9.47 Å². The number of carbonyl (C=O) groups is 1. The maximum absolute atomic E-state index is 13.2. The summed E-state index contributed by atoms with van der Waals surface area (Å²) in [6.07, 6.45) is 1.48. The van der Waals surface area contributed by atoms with Crippen LogP contribution in [0.2, 0.25) is 0 Å². The first-order valence-electron chi connectivity index (χ1n) is 9.08. The van der Waals surface area contributed by atoms with Crippen molar-refractivity contribution in [3.63, 3.8) is 0 Å². The van der Waals surface area contributed by atoms with Gasteiger partial charge in [0.1, 0.15) is 18.3 Å². The van der Waals surface area contributed by atoms with E-state index in [-0.39, 0.29) is 30.6 Å². The Labute approximate surface area is 161 Å². The van der Waals surface area contributed by atoms with Crippen molar-refractivity contribution in [1.29, 1.82) is 0 Å². The molecular formula is C20H29N3O4. The van der Waals surface area contributed by atoms with E-state index < -0.39 is 0 Å². The molecule has 0 aliphatic carbocycles. The number of hydrogen-bond acceptors (Lipinski definition) is 6. The highest BCUT2D eigenvalue weighted by Crippen LogP contribution is 2.27. The number of carbonyl (C=O) groups excluding carboxylic acids is 1. The highest BCUT2D eigenvalue weighted by molar-refractivity contribution is 5.97. The van der Waals surface area contributed by atoms with Gasteiger partial charge in [-0.2, -0.15) is 0 Å². The largest absolute Gasteiger partial charge is 0.472 e. The van der Waals surface area contributed by atoms with Crippen LogP contribution in [0.15, 0.2) is 12.3 Å². The summed E-state index contributed by atoms with van der Waals surface area (Å²) in [5.41, 5.74) is 0.993. The zero-order chi connectivity index (χ0) is 20.0. The van der Waals surface area contributed by atoms with Crippen molar-refractivity contribution in [1.82, 2.24) is 14.8 Å². The molecule has 0 saturated heterocycles. The number of hydrogen-bond donors (Lipinski definition) is 1. The second-order valence-electron chi connectivity index (χ2n) is 7.20. The maximum Gasteiger partial charge on any atom is 0.259 e. The predicted octanol–water partition coefficient (Wildman–Crippen LogP) is 0.861. The maximum atomic E-state index is 13.2. The van der Waals surface area contributed by atoms with E-state index in [0.29, 0.717) is 36.7 Å². The second-order valence-corrected chi connectivity index (χ2v) is 7.20. The smallest absolute Gasteiger partial charge is 0.259 e. The van der Waals surface area contributed by atoms with Crippen LogP contribution < -0.4 is 4.74 Å². The number of amides is 1. The lowest BCUT2D eigenvalue weighted by Crippen LogP contribution is -2.49. The third-order valence-electron chi connectivity index (χ3n) is 4.52. The average Bonchev–Trinajstić information content (AvgIpc) is 2.64. The Morgan fingerprint density at radius 3 is 2.89 bits per heavy atom. The molecule has 7 nitrogen and oxygen atoms in total. The lowest BCUT2D eigenvalue weighted by molar-refractivity contribution is 0.0348. The highest BCUT2D eigenvalue weighted by atomic mass is 16.5. The fraction of sp³-hybridized carbons (Fsp3) is 0.600. The first-order valence-corrected chi connectivity index (χ1v) is 9.08. The van der Waals surface area contributed by atoms with Gasteiger partial charge in [-0.1, -0.05) is 18.8 Å². The summed E-state index contributed by atoms with van der Waals surface area (Å²) in [5.74, 6) is 6.00. The molecule has 0 saturated carbocycles. The molecule has 1 aromatic rings. The SMILES string of the molecule is COCC#Cc1cnc2c(c1)C(=O)N([C@@H](C)CO)C[C@@H](C)[C@H](CN(C)C)O2. The molecule has 1 aliphatic rings. The number of nitrogens with zero attached hydrogens (tertiary/aromatic N) is 3. The molecule has 2 rings (SSSR count). The van der Waals surface area contributed by atoms with E-state index in [9.17, 15) is 9.90 Å². The van der Waals surface area contributed by atoms with Crippen molar-refractivity contribution >= 4 is 5.91 Å². The van der Waals surface area contributed by atoms with Gasteiger partial charge < -0.3 is 24.4 Å². The van der Waals surface area contributed by atoms with Crippen molar-refractivity contribution < 1.29 is 19.4 Å². The molecule has 2 heterocycles. The fourth-order valence-corrected chi connectivity index (χ4v) is 2.96. The van der Waals surface area contributed by atoms with Crippen LogP contribution in [-0.2, 0) is 4.74 Å². The molecule has 7 heteroatoms. The summed E-state index contributed by atoms with van der Waals surface area (Å²) in [6, 6.07) is 1.40. The Hall–Kier alpha value is -2.14. The summed E-state index contributed by atoms with van der Waals surface area (Å²) < 4.78 is 11.1. The van der Waals surface area contributed by atoms with Crippen molar-refractivity contribution in [3.8, 4) is 17.7 Å². The van der Waals surface area contributed by atoms with Gasteiger partial charge in [0.15, 0.2) is 0 Å². The van der Waals surface area contributed by atoms with Gasteiger partial charge in [-0.15, -0.1) is 0 Å². The lowest BCUT2D eigenvalue weighted by atomic mass is 10.00. The van der Waals surface area contributed by atoms with E-state index in [1.165, 1.54) is 0 Å². The Kier molecular flexibility index (Phi) is 7.60. The predicted molar refractivity (Wildman–Crippen MR) is 103 cm³/mol. The Morgan fingerprint density at radius 2 is 2.26 bits per heavy atom. The van der Waals surface area contributed by atoms with Gasteiger partial charge >= 0.3 is 0 Å². The fourth-order valence-electron chi connectivity index (χ4n) is 2.96. The van der Waals surface area contributed by atoms with E-state index in [1.54, 1.807) is 24.3 Å². The Morgan fingerprint density at radius 1 is 1.52 bits per heavy atom. The van der Waals surface area contributed by atoms with Crippen molar-refractivity contribution in [2.75, 3.05) is 47.5 Å². The Bertz CT molecular complexity index is 711. The molecule has 1 aromatic heterocycles. The van der Waals surface area contributed by atoms with Crippen molar-refractivity contribution in [2.24, 2.45) is 5.92 Å². The molecule has 0 aromatic carbocycles. The molecule has 0 bridgehead atoms. The third kappa shape index (κ3) is 5.42. The van der Waals surface area contributed by atoms with Crippen molar-refractivity contribution in [3.05, 3.63) is 23.4 Å². The van der Waals surface area contributed by atoms with Crippen LogP contribution in [0.4, 0.5) is 0 Å². The quantitative estimate of drug-likeness (QED) is 0.770. The molecule has 0 fully saturated rings. The first-order chi connectivity index (χ1) is 12.9. The van der Waals surface area contributed by atoms with Crippen LogP contribution >= 0.6 is 0 Å². The lowest BCUT2D eigenvalue weighted by Gasteiger charge is -2.37.